The van der Waals surface area contributed by atoms with E-state index in [4.69, 9.17) is 0 Å². The number of non-ortho nitro benzene ring substituents is 1. The van der Waals surface area contributed by atoms with Crippen molar-refractivity contribution >= 4 is 5.69 Å². The van der Waals surface area contributed by atoms with Crippen molar-refractivity contribution in [2.24, 2.45) is 0 Å². The molecule has 3 nitrogen and oxygen atoms in total. The van der Waals surface area contributed by atoms with Gasteiger partial charge in [0.2, 0.25) is 0 Å². The van der Waals surface area contributed by atoms with Crippen LogP contribution >= 0.6 is 0 Å². The fraction of sp³-hybridized carbons (Fsp3) is 0.125. The van der Waals surface area contributed by atoms with Gasteiger partial charge < -0.3 is 0 Å². The number of nitrogens with zero attached hydrogens (tertiary/aromatic N) is 1. The van der Waals surface area contributed by atoms with Crippen molar-refractivity contribution in [3.63, 3.8) is 0 Å². The minimum absolute atomic E-state index is 0.131. The van der Waals surface area contributed by atoms with E-state index in [0.717, 1.165) is 5.56 Å². The van der Waals surface area contributed by atoms with Crippen molar-refractivity contribution in [2.75, 3.05) is 0 Å². The first-order valence-corrected chi connectivity index (χ1v) is 3.26. The Morgan fingerprint density at radius 3 is 2.82 bits per heavy atom. The van der Waals surface area contributed by atoms with Crippen LogP contribution in [0.4, 0.5) is 5.69 Å². The van der Waals surface area contributed by atoms with Gasteiger partial charge in [0.05, 0.1) is 4.92 Å². The van der Waals surface area contributed by atoms with Crippen molar-refractivity contribution < 1.29 is 4.92 Å². The van der Waals surface area contributed by atoms with E-state index in [1.165, 1.54) is 12.1 Å². The number of rotatable bonds is 2. The van der Waals surface area contributed by atoms with Crippen LogP contribution in [0.1, 0.15) is 5.56 Å². The maximum absolute atomic E-state index is 10.3. The predicted molar refractivity (Wildman–Crippen MR) is 42.2 cm³/mol. The second-order valence-electron chi connectivity index (χ2n) is 2.18. The normalized spacial score (nSPS) is 9.55. The molecule has 0 spiro atoms. The van der Waals surface area contributed by atoms with Crippen LogP contribution in [0.2, 0.25) is 0 Å². The third kappa shape index (κ3) is 1.77. The zero-order valence-electron chi connectivity index (χ0n) is 5.99. The molecule has 3 heteroatoms. The second kappa shape index (κ2) is 3.14. The van der Waals surface area contributed by atoms with Crippen LogP contribution in [0.3, 0.4) is 0 Å². The average molecular weight is 150 g/mol. The molecule has 11 heavy (non-hydrogen) atoms. The molecule has 0 unspecified atom stereocenters. The second-order valence-corrected chi connectivity index (χ2v) is 2.18. The maximum atomic E-state index is 10.3. The zero-order chi connectivity index (χ0) is 8.27. The number of hydrogen-bond acceptors (Lipinski definition) is 2. The van der Waals surface area contributed by atoms with Crippen molar-refractivity contribution in [1.29, 1.82) is 0 Å². The lowest BCUT2D eigenvalue weighted by Crippen LogP contribution is -1.88. The summed E-state index contributed by atoms with van der Waals surface area (Å²) in [5.74, 6) is 0. The summed E-state index contributed by atoms with van der Waals surface area (Å²) < 4.78 is 0. The molecule has 0 amide bonds. The molecular formula is C8H8NO2. The highest BCUT2D eigenvalue weighted by Gasteiger charge is 2.03. The first kappa shape index (κ1) is 7.72. The SMILES string of the molecule is [CH2]Cc1cccc([N+](=O)[O-])c1. The highest BCUT2D eigenvalue weighted by atomic mass is 16.6. The lowest BCUT2D eigenvalue weighted by molar-refractivity contribution is -0.384. The van der Waals surface area contributed by atoms with Gasteiger partial charge in [0.15, 0.2) is 0 Å². The smallest absolute Gasteiger partial charge is 0.258 e. The molecule has 1 radical (unpaired) electrons. The molecule has 0 saturated heterocycles. The van der Waals surface area contributed by atoms with E-state index in [2.05, 4.69) is 6.92 Å². The third-order valence-electron chi connectivity index (χ3n) is 1.41. The molecule has 0 bridgehead atoms. The van der Waals surface area contributed by atoms with E-state index < -0.39 is 4.92 Å². The summed E-state index contributed by atoms with van der Waals surface area (Å²) in [6.45, 7) is 3.63. The number of nitro groups is 1. The molecular weight excluding hydrogens is 142 g/mol. The van der Waals surface area contributed by atoms with Crippen LogP contribution in [-0.4, -0.2) is 4.92 Å². The number of benzene rings is 1. The largest absolute Gasteiger partial charge is 0.269 e. The minimum Gasteiger partial charge on any atom is -0.258 e. The molecule has 0 aromatic heterocycles. The van der Waals surface area contributed by atoms with Gasteiger partial charge in [-0.25, -0.2) is 0 Å². The molecule has 0 atom stereocenters. The highest BCUT2D eigenvalue weighted by Crippen LogP contribution is 2.12. The Balaban J connectivity index is 3.01. The van der Waals surface area contributed by atoms with Gasteiger partial charge in [-0.05, 0) is 18.9 Å². The number of nitro benzene ring substituents is 1. The summed E-state index contributed by atoms with van der Waals surface area (Å²) in [4.78, 5) is 9.85. The van der Waals surface area contributed by atoms with Crippen molar-refractivity contribution in [3.8, 4) is 0 Å². The summed E-state index contributed by atoms with van der Waals surface area (Å²) in [6.07, 6.45) is 0.585. The Bertz CT molecular complexity index is 271. The van der Waals surface area contributed by atoms with Crippen LogP contribution < -0.4 is 0 Å². The van der Waals surface area contributed by atoms with E-state index in [9.17, 15) is 10.1 Å². The topological polar surface area (TPSA) is 43.1 Å². The summed E-state index contributed by atoms with van der Waals surface area (Å²) in [6, 6.07) is 6.49. The summed E-state index contributed by atoms with van der Waals surface area (Å²) in [5.41, 5.74) is 1.02. The summed E-state index contributed by atoms with van der Waals surface area (Å²) in [7, 11) is 0. The van der Waals surface area contributed by atoms with E-state index in [0.29, 0.717) is 6.42 Å². The van der Waals surface area contributed by atoms with Gasteiger partial charge in [-0.1, -0.05) is 12.1 Å². The molecule has 0 N–H and O–H groups in total. The van der Waals surface area contributed by atoms with Gasteiger partial charge >= 0.3 is 0 Å². The Kier molecular flexibility index (Phi) is 2.21. The van der Waals surface area contributed by atoms with Gasteiger partial charge in [-0.3, -0.25) is 10.1 Å². The molecule has 0 fully saturated rings. The van der Waals surface area contributed by atoms with E-state index in [1.54, 1.807) is 6.07 Å². The monoisotopic (exact) mass is 150 g/mol. The molecule has 0 heterocycles. The molecule has 57 valence electrons. The number of hydrogen-bond donors (Lipinski definition) is 0. The van der Waals surface area contributed by atoms with Crippen molar-refractivity contribution in [1.82, 2.24) is 0 Å². The Hall–Kier alpha value is -1.38. The Morgan fingerprint density at radius 2 is 2.27 bits per heavy atom. The van der Waals surface area contributed by atoms with Crippen LogP contribution in [0, 0.1) is 17.0 Å². The van der Waals surface area contributed by atoms with E-state index in [1.807, 2.05) is 6.07 Å². The van der Waals surface area contributed by atoms with Crippen molar-refractivity contribution in [3.05, 3.63) is 46.9 Å². The fourth-order valence-electron chi connectivity index (χ4n) is 0.826. The van der Waals surface area contributed by atoms with E-state index in [-0.39, 0.29) is 5.69 Å². The van der Waals surface area contributed by atoms with Crippen molar-refractivity contribution in [2.45, 2.75) is 6.42 Å². The lowest BCUT2D eigenvalue weighted by Gasteiger charge is -1.94. The summed E-state index contributed by atoms with van der Waals surface area (Å²) >= 11 is 0. The molecule has 0 saturated carbocycles. The van der Waals surface area contributed by atoms with Crippen LogP contribution in [0.5, 0.6) is 0 Å². The van der Waals surface area contributed by atoms with Gasteiger partial charge in [-0.2, -0.15) is 0 Å². The van der Waals surface area contributed by atoms with Gasteiger partial charge in [-0.15, -0.1) is 0 Å². The molecule has 0 aliphatic carbocycles. The predicted octanol–water partition coefficient (Wildman–Crippen LogP) is 1.97. The lowest BCUT2D eigenvalue weighted by atomic mass is 10.1. The molecule has 0 aliphatic rings. The van der Waals surface area contributed by atoms with Crippen LogP contribution in [-0.2, 0) is 6.42 Å². The Labute approximate surface area is 64.8 Å². The highest BCUT2D eigenvalue weighted by molar-refractivity contribution is 5.34. The van der Waals surface area contributed by atoms with Gasteiger partial charge in [0.25, 0.3) is 5.69 Å². The van der Waals surface area contributed by atoms with Crippen LogP contribution in [0.15, 0.2) is 24.3 Å². The molecule has 0 aliphatic heterocycles. The summed E-state index contributed by atoms with van der Waals surface area (Å²) in [5, 5.41) is 10.3. The van der Waals surface area contributed by atoms with E-state index >= 15 is 0 Å². The quantitative estimate of drug-likeness (QED) is 0.477. The fourth-order valence-corrected chi connectivity index (χ4v) is 0.826. The third-order valence-corrected chi connectivity index (χ3v) is 1.41. The maximum Gasteiger partial charge on any atom is 0.269 e. The molecule has 1 aromatic carbocycles. The zero-order valence-corrected chi connectivity index (χ0v) is 5.99. The molecule has 1 aromatic rings. The first-order valence-electron chi connectivity index (χ1n) is 3.26. The van der Waals surface area contributed by atoms with Crippen LogP contribution in [0.25, 0.3) is 0 Å². The molecule has 1 rings (SSSR count). The van der Waals surface area contributed by atoms with Gasteiger partial charge in [0.1, 0.15) is 0 Å². The Morgan fingerprint density at radius 1 is 1.55 bits per heavy atom. The standard InChI is InChI=1S/C8H8NO2/c1-2-7-4-3-5-8(6-7)9(10)11/h3-6H,1-2H2. The first-order chi connectivity index (χ1) is 5.24. The minimum atomic E-state index is -0.404. The average Bonchev–Trinajstić information content (AvgIpc) is 2.05. The van der Waals surface area contributed by atoms with Gasteiger partial charge in [0, 0.05) is 12.1 Å².